The highest BCUT2D eigenvalue weighted by molar-refractivity contribution is 7.95. The number of carbonyl (C=O) groups excluding carboxylic acids is 1. The molecule has 1 amide bonds. The van der Waals surface area contributed by atoms with Crippen molar-refractivity contribution in [2.75, 3.05) is 0 Å². The number of rotatable bonds is 2. The highest BCUT2D eigenvalue weighted by atomic mass is 32.2. The topological polar surface area (TPSA) is 104 Å². The van der Waals surface area contributed by atoms with Crippen molar-refractivity contribution in [1.82, 2.24) is 4.90 Å². The molecule has 2 aliphatic rings. The van der Waals surface area contributed by atoms with Crippen LogP contribution in [0.15, 0.2) is 39.6 Å². The van der Waals surface area contributed by atoms with Crippen LogP contribution in [0.5, 0.6) is 0 Å². The molecule has 3 rings (SSSR count). The summed E-state index contributed by atoms with van der Waals surface area (Å²) in [5.74, 6) is -2.21. The van der Waals surface area contributed by atoms with Gasteiger partial charge in [-0.1, -0.05) is 24.3 Å². The molecule has 1 aromatic rings. The lowest BCUT2D eigenvalue weighted by Crippen LogP contribution is -2.31. The molecular formula is C13H10N2O5S. The van der Waals surface area contributed by atoms with Crippen molar-refractivity contribution in [2.45, 2.75) is 13.1 Å². The summed E-state index contributed by atoms with van der Waals surface area (Å²) in [6.07, 6.45) is 0.809. The van der Waals surface area contributed by atoms with Gasteiger partial charge in [0.25, 0.3) is 15.9 Å². The van der Waals surface area contributed by atoms with Crippen molar-refractivity contribution in [1.29, 1.82) is 0 Å². The van der Waals surface area contributed by atoms with E-state index in [9.17, 15) is 18.0 Å². The molecule has 21 heavy (non-hydrogen) atoms. The zero-order chi connectivity index (χ0) is 15.2. The Morgan fingerprint density at radius 2 is 1.71 bits per heavy atom. The number of aliphatic carboxylic acids is 1. The van der Waals surface area contributed by atoms with Crippen LogP contribution in [0.3, 0.4) is 0 Å². The molecule has 0 aliphatic carbocycles. The van der Waals surface area contributed by atoms with E-state index in [1.165, 1.54) is 4.90 Å². The number of hydrogen-bond acceptors (Lipinski definition) is 4. The monoisotopic (exact) mass is 306 g/mol. The van der Waals surface area contributed by atoms with Gasteiger partial charge in [0.05, 0.1) is 0 Å². The Hall–Kier alpha value is -2.48. The Labute approximate surface area is 120 Å². The van der Waals surface area contributed by atoms with Gasteiger partial charge in [-0.05, 0) is 17.2 Å². The minimum Gasteiger partial charge on any atom is -0.477 e. The highest BCUT2D eigenvalue weighted by Gasteiger charge is 2.35. The molecule has 0 aromatic heterocycles. The number of nitrogens with zero attached hydrogens (tertiary/aromatic N) is 2. The number of carboxylic acids is 1. The molecule has 0 saturated carbocycles. The van der Waals surface area contributed by atoms with Crippen molar-refractivity contribution in [3.05, 3.63) is 46.4 Å². The number of fused-ring (bicyclic) bond motifs is 1. The number of sulfonamides is 1. The predicted molar refractivity (Wildman–Crippen MR) is 72.8 cm³/mol. The maximum absolute atomic E-state index is 12.3. The van der Waals surface area contributed by atoms with Gasteiger partial charge < -0.3 is 10.0 Å². The van der Waals surface area contributed by atoms with E-state index in [1.54, 1.807) is 0 Å². The van der Waals surface area contributed by atoms with Crippen LogP contribution in [0, 0.1) is 0 Å². The van der Waals surface area contributed by atoms with Crippen molar-refractivity contribution >= 4 is 27.6 Å². The maximum atomic E-state index is 12.3. The molecule has 0 unspecified atom stereocenters. The standard InChI is InChI=1S/C13H10N2O5S/c16-12(10-5-11(13(17)18)21(19,20)14-10)15-6-8-3-1-2-4-9(8)7-15/h1-5H,6-7H2,(H,17,18). The fourth-order valence-electron chi connectivity index (χ4n) is 2.32. The van der Waals surface area contributed by atoms with E-state index in [0.717, 1.165) is 17.2 Å². The number of carboxylic acid groups (broad SMARTS) is 1. The zero-order valence-corrected chi connectivity index (χ0v) is 11.5. The molecule has 0 spiro atoms. The molecule has 0 bridgehead atoms. The van der Waals surface area contributed by atoms with Crippen LogP contribution in [-0.2, 0) is 32.7 Å². The van der Waals surface area contributed by atoms with Crippen molar-refractivity contribution in [3.8, 4) is 0 Å². The summed E-state index contributed by atoms with van der Waals surface area (Å²) in [5.41, 5.74) is 1.60. The van der Waals surface area contributed by atoms with Gasteiger partial charge in [0.15, 0.2) is 4.91 Å². The molecule has 108 valence electrons. The maximum Gasteiger partial charge on any atom is 0.349 e. The predicted octanol–water partition coefficient (Wildman–Crippen LogP) is 0.282. The molecule has 8 heteroatoms. The lowest BCUT2D eigenvalue weighted by Gasteiger charge is -2.13. The Morgan fingerprint density at radius 3 is 2.19 bits per heavy atom. The first-order chi connectivity index (χ1) is 9.88. The SMILES string of the molecule is O=C(O)C1=CC(C(=O)N2Cc3ccccc3C2)=NS1(=O)=O. The first-order valence-corrected chi connectivity index (χ1v) is 7.48. The number of amides is 1. The average Bonchev–Trinajstić information content (AvgIpc) is 2.98. The summed E-state index contributed by atoms with van der Waals surface area (Å²) >= 11 is 0. The van der Waals surface area contributed by atoms with E-state index >= 15 is 0 Å². The molecule has 7 nitrogen and oxygen atoms in total. The molecule has 0 saturated heterocycles. The highest BCUT2D eigenvalue weighted by Crippen LogP contribution is 2.24. The van der Waals surface area contributed by atoms with E-state index < -0.39 is 26.8 Å². The van der Waals surface area contributed by atoms with Crippen molar-refractivity contribution in [2.24, 2.45) is 4.40 Å². The molecule has 2 heterocycles. The molecule has 0 fully saturated rings. The van der Waals surface area contributed by atoms with Crippen molar-refractivity contribution < 1.29 is 23.1 Å². The summed E-state index contributed by atoms with van der Waals surface area (Å²) in [6.45, 7) is 0.703. The molecule has 2 aliphatic heterocycles. The Balaban J connectivity index is 1.88. The lowest BCUT2D eigenvalue weighted by molar-refractivity contribution is -0.131. The van der Waals surface area contributed by atoms with Crippen LogP contribution in [0.2, 0.25) is 0 Å². The van der Waals surface area contributed by atoms with Gasteiger partial charge in [-0.25, -0.2) is 4.79 Å². The van der Waals surface area contributed by atoms with Gasteiger partial charge >= 0.3 is 5.97 Å². The molecular weight excluding hydrogens is 296 g/mol. The van der Waals surface area contributed by atoms with Gasteiger partial charge in [0.2, 0.25) is 0 Å². The van der Waals surface area contributed by atoms with E-state index in [1.807, 2.05) is 24.3 Å². The number of benzene rings is 1. The number of carbonyl (C=O) groups is 2. The molecule has 0 radical (unpaired) electrons. The quantitative estimate of drug-likeness (QED) is 0.845. The fraction of sp³-hybridized carbons (Fsp3) is 0.154. The Bertz CT molecular complexity index is 798. The van der Waals surface area contributed by atoms with Crippen LogP contribution in [0.1, 0.15) is 11.1 Å². The molecule has 0 atom stereocenters. The lowest BCUT2D eigenvalue weighted by atomic mass is 10.1. The zero-order valence-electron chi connectivity index (χ0n) is 10.7. The second-order valence-electron chi connectivity index (χ2n) is 4.70. The number of hydrogen-bond donors (Lipinski definition) is 1. The van der Waals surface area contributed by atoms with Gasteiger partial charge in [-0.2, -0.15) is 12.8 Å². The van der Waals surface area contributed by atoms with Crippen LogP contribution in [0.25, 0.3) is 0 Å². The summed E-state index contributed by atoms with van der Waals surface area (Å²) in [4.78, 5) is 23.7. The first kappa shape index (κ1) is 13.5. The van der Waals surface area contributed by atoms with Gasteiger partial charge in [-0.3, -0.25) is 4.79 Å². The van der Waals surface area contributed by atoms with Crippen LogP contribution in [-0.4, -0.2) is 36.0 Å². The summed E-state index contributed by atoms with van der Waals surface area (Å²) < 4.78 is 26.3. The van der Waals surface area contributed by atoms with Crippen LogP contribution >= 0.6 is 0 Å². The third-order valence-corrected chi connectivity index (χ3v) is 4.61. The fourth-order valence-corrected chi connectivity index (χ4v) is 3.28. The largest absolute Gasteiger partial charge is 0.477 e. The van der Waals surface area contributed by atoms with Gasteiger partial charge in [0, 0.05) is 13.1 Å². The van der Waals surface area contributed by atoms with Crippen LogP contribution in [0.4, 0.5) is 0 Å². The third kappa shape index (κ3) is 2.23. The second-order valence-corrected chi connectivity index (χ2v) is 6.27. The first-order valence-electron chi connectivity index (χ1n) is 6.04. The third-order valence-electron chi connectivity index (χ3n) is 3.32. The molecule has 1 aromatic carbocycles. The average molecular weight is 306 g/mol. The smallest absolute Gasteiger partial charge is 0.349 e. The Morgan fingerprint density at radius 1 is 1.14 bits per heavy atom. The minimum atomic E-state index is -4.28. The Kier molecular flexibility index (Phi) is 2.91. The molecule has 1 N–H and O–H groups in total. The second kappa shape index (κ2) is 4.52. The summed E-state index contributed by atoms with van der Waals surface area (Å²) in [5, 5.41) is 8.81. The minimum absolute atomic E-state index is 0.352. The van der Waals surface area contributed by atoms with Crippen molar-refractivity contribution in [3.63, 3.8) is 0 Å². The van der Waals surface area contributed by atoms with E-state index in [0.29, 0.717) is 13.1 Å². The summed E-state index contributed by atoms with van der Waals surface area (Å²) in [7, 11) is -4.28. The van der Waals surface area contributed by atoms with E-state index in [4.69, 9.17) is 5.11 Å². The normalized spacial score (nSPS) is 19.0. The summed E-state index contributed by atoms with van der Waals surface area (Å²) in [6, 6.07) is 7.47. The van der Waals surface area contributed by atoms with Crippen LogP contribution < -0.4 is 0 Å². The van der Waals surface area contributed by atoms with Gasteiger partial charge in [-0.15, -0.1) is 0 Å². The van der Waals surface area contributed by atoms with E-state index in [-0.39, 0.29) is 5.71 Å². The van der Waals surface area contributed by atoms with E-state index in [2.05, 4.69) is 4.40 Å². The van der Waals surface area contributed by atoms with Gasteiger partial charge in [0.1, 0.15) is 5.71 Å².